The summed E-state index contributed by atoms with van der Waals surface area (Å²) < 4.78 is 8.09. The molecule has 3 aromatic heterocycles. The van der Waals surface area contributed by atoms with Crippen LogP contribution in [0.15, 0.2) is 50.7 Å². The number of carboxylic acids is 1. The number of oxazole rings is 1. The monoisotopic (exact) mass is 467 g/mol. The molecule has 0 aliphatic carbocycles. The molecular formula is C24H25N3O5S. The highest BCUT2D eigenvalue weighted by atomic mass is 32.1. The van der Waals surface area contributed by atoms with Crippen molar-refractivity contribution in [2.45, 2.75) is 46.7 Å². The Kier molecular flexibility index (Phi) is 6.33. The highest BCUT2D eigenvalue weighted by Gasteiger charge is 2.25. The predicted octanol–water partition coefficient (Wildman–Crippen LogP) is 3.71. The number of rotatable bonds is 8. The smallest absolute Gasteiger partial charge is 0.332 e. The van der Waals surface area contributed by atoms with Crippen LogP contribution in [0.4, 0.5) is 0 Å². The predicted molar refractivity (Wildman–Crippen MR) is 127 cm³/mol. The van der Waals surface area contributed by atoms with Crippen molar-refractivity contribution in [3.63, 3.8) is 0 Å². The van der Waals surface area contributed by atoms with Crippen molar-refractivity contribution in [3.8, 4) is 11.5 Å². The van der Waals surface area contributed by atoms with Crippen molar-refractivity contribution in [1.29, 1.82) is 0 Å². The molecule has 0 aliphatic heterocycles. The molecule has 1 aromatic carbocycles. The maximum absolute atomic E-state index is 13.5. The van der Waals surface area contributed by atoms with Crippen molar-refractivity contribution in [2.24, 2.45) is 5.92 Å². The Morgan fingerprint density at radius 2 is 1.94 bits per heavy atom. The Morgan fingerprint density at radius 1 is 1.21 bits per heavy atom. The molecule has 1 N–H and O–H groups in total. The van der Waals surface area contributed by atoms with Crippen LogP contribution in [-0.2, 0) is 30.7 Å². The average molecular weight is 468 g/mol. The maximum atomic E-state index is 13.5. The number of carboxylic acid groups (broad SMARTS) is 1. The summed E-state index contributed by atoms with van der Waals surface area (Å²) in [4.78, 5) is 43.9. The van der Waals surface area contributed by atoms with Gasteiger partial charge in [-0.1, -0.05) is 38.1 Å². The van der Waals surface area contributed by atoms with Crippen LogP contribution in [0.5, 0.6) is 0 Å². The number of benzene rings is 1. The summed E-state index contributed by atoms with van der Waals surface area (Å²) in [6, 6.07) is 8.07. The molecule has 1 unspecified atom stereocenters. The van der Waals surface area contributed by atoms with Gasteiger partial charge in [0.2, 0.25) is 5.89 Å². The van der Waals surface area contributed by atoms with Gasteiger partial charge in [-0.2, -0.15) is 0 Å². The van der Waals surface area contributed by atoms with Crippen LogP contribution in [0.1, 0.15) is 29.9 Å². The lowest BCUT2D eigenvalue weighted by atomic mass is 10.0. The Labute approximate surface area is 193 Å². The first kappa shape index (κ1) is 22.7. The standard InChI is InChI=1S/C24H25N3O5S/c1-4-16-7-5-6-8-17(16)9-11-26-22-19(18(15(3)33-22)20-25-10-12-32-20)21(28)27(24(26)31)13-14(2)23(29)30/h5-8,10,12,14H,4,9,11,13H2,1-3H3,(H,29,30). The highest BCUT2D eigenvalue weighted by molar-refractivity contribution is 7.19. The quantitative estimate of drug-likeness (QED) is 0.423. The van der Waals surface area contributed by atoms with Crippen LogP contribution in [0, 0.1) is 12.8 Å². The van der Waals surface area contributed by atoms with Gasteiger partial charge in [-0.3, -0.25) is 18.7 Å². The molecule has 172 valence electrons. The second kappa shape index (κ2) is 9.19. The zero-order valence-electron chi connectivity index (χ0n) is 18.7. The summed E-state index contributed by atoms with van der Waals surface area (Å²) >= 11 is 1.34. The summed E-state index contributed by atoms with van der Waals surface area (Å²) in [5.74, 6) is -1.67. The normalized spacial score (nSPS) is 12.3. The van der Waals surface area contributed by atoms with Crippen molar-refractivity contribution < 1.29 is 14.3 Å². The van der Waals surface area contributed by atoms with E-state index >= 15 is 0 Å². The van der Waals surface area contributed by atoms with Crippen molar-refractivity contribution in [2.75, 3.05) is 0 Å². The van der Waals surface area contributed by atoms with Gasteiger partial charge >= 0.3 is 11.7 Å². The van der Waals surface area contributed by atoms with E-state index in [1.165, 1.54) is 36.3 Å². The average Bonchev–Trinajstić information content (AvgIpc) is 3.44. The number of aromatic nitrogens is 3. The van der Waals surface area contributed by atoms with Gasteiger partial charge in [-0.25, -0.2) is 9.78 Å². The minimum absolute atomic E-state index is 0.214. The number of aryl methyl sites for hydroxylation is 4. The summed E-state index contributed by atoms with van der Waals surface area (Å²) in [6.45, 7) is 5.57. The fraction of sp³-hybridized carbons (Fsp3) is 0.333. The first-order chi connectivity index (χ1) is 15.8. The number of hydrogen-bond donors (Lipinski definition) is 1. The number of nitrogens with zero attached hydrogens (tertiary/aromatic N) is 3. The van der Waals surface area contributed by atoms with E-state index in [-0.39, 0.29) is 6.54 Å². The van der Waals surface area contributed by atoms with Crippen LogP contribution in [0.2, 0.25) is 0 Å². The van der Waals surface area contributed by atoms with E-state index in [2.05, 4.69) is 18.0 Å². The molecule has 4 aromatic rings. The lowest BCUT2D eigenvalue weighted by Gasteiger charge is -2.15. The van der Waals surface area contributed by atoms with E-state index in [0.29, 0.717) is 34.6 Å². The van der Waals surface area contributed by atoms with Gasteiger partial charge in [-0.15, -0.1) is 11.3 Å². The molecule has 8 nitrogen and oxygen atoms in total. The molecule has 0 saturated heterocycles. The molecule has 0 radical (unpaired) electrons. The number of aliphatic carboxylic acids is 1. The second-order valence-corrected chi connectivity index (χ2v) is 9.22. The highest BCUT2D eigenvalue weighted by Crippen LogP contribution is 2.35. The Morgan fingerprint density at radius 3 is 2.58 bits per heavy atom. The van der Waals surface area contributed by atoms with Crippen molar-refractivity contribution in [1.82, 2.24) is 14.1 Å². The van der Waals surface area contributed by atoms with Crippen LogP contribution in [-0.4, -0.2) is 25.2 Å². The molecule has 33 heavy (non-hydrogen) atoms. The Hall–Kier alpha value is -3.46. The number of carbonyl (C=O) groups is 1. The third kappa shape index (κ3) is 4.16. The van der Waals surface area contributed by atoms with Crippen LogP contribution in [0.25, 0.3) is 21.7 Å². The van der Waals surface area contributed by atoms with Gasteiger partial charge in [-0.05, 0) is 30.9 Å². The molecule has 9 heteroatoms. The lowest BCUT2D eigenvalue weighted by Crippen LogP contribution is -2.42. The van der Waals surface area contributed by atoms with E-state index in [4.69, 9.17) is 4.42 Å². The number of fused-ring (bicyclic) bond motifs is 1. The first-order valence-corrected chi connectivity index (χ1v) is 11.6. The lowest BCUT2D eigenvalue weighted by molar-refractivity contribution is -0.141. The minimum Gasteiger partial charge on any atom is -0.481 e. The summed E-state index contributed by atoms with van der Waals surface area (Å²) in [5, 5.41) is 9.71. The molecule has 0 saturated carbocycles. The minimum atomic E-state index is -1.07. The molecule has 0 aliphatic rings. The summed E-state index contributed by atoms with van der Waals surface area (Å²) in [5.41, 5.74) is 1.86. The van der Waals surface area contributed by atoms with Gasteiger partial charge in [0.05, 0.1) is 23.1 Å². The van der Waals surface area contributed by atoms with Gasteiger partial charge in [0.1, 0.15) is 11.1 Å². The van der Waals surface area contributed by atoms with Crippen LogP contribution >= 0.6 is 11.3 Å². The Balaban J connectivity index is 1.93. The number of hydrogen-bond acceptors (Lipinski definition) is 6. The van der Waals surface area contributed by atoms with Crippen molar-refractivity contribution >= 4 is 27.5 Å². The molecule has 0 spiro atoms. The topological polar surface area (TPSA) is 107 Å². The van der Waals surface area contributed by atoms with Gasteiger partial charge in [0.25, 0.3) is 5.56 Å². The van der Waals surface area contributed by atoms with E-state index < -0.39 is 23.1 Å². The Bertz CT molecular complexity index is 1430. The number of thiophene rings is 1. The molecular weight excluding hydrogens is 442 g/mol. The molecule has 4 rings (SSSR count). The van der Waals surface area contributed by atoms with Crippen molar-refractivity contribution in [3.05, 3.63) is 73.6 Å². The first-order valence-electron chi connectivity index (χ1n) is 10.8. The molecule has 0 bridgehead atoms. The second-order valence-electron chi connectivity index (χ2n) is 8.01. The van der Waals surface area contributed by atoms with Gasteiger partial charge in [0, 0.05) is 18.0 Å². The largest absolute Gasteiger partial charge is 0.481 e. The van der Waals surface area contributed by atoms with Gasteiger partial charge in [0.15, 0.2) is 0 Å². The fourth-order valence-corrected chi connectivity index (χ4v) is 5.22. The molecule has 3 heterocycles. The molecule has 0 amide bonds. The third-order valence-corrected chi connectivity index (χ3v) is 6.99. The zero-order chi connectivity index (χ0) is 23.7. The van der Waals surface area contributed by atoms with E-state index in [0.717, 1.165) is 21.4 Å². The summed E-state index contributed by atoms with van der Waals surface area (Å²) in [6.07, 6.45) is 4.42. The SMILES string of the molecule is CCc1ccccc1CCn1c(=O)n(CC(C)C(=O)O)c(=O)c2c(-c3ncco3)c(C)sc21. The van der Waals surface area contributed by atoms with E-state index in [1.54, 1.807) is 4.57 Å². The molecule has 0 fully saturated rings. The zero-order valence-corrected chi connectivity index (χ0v) is 19.5. The maximum Gasteiger partial charge on any atom is 0.332 e. The van der Waals surface area contributed by atoms with Gasteiger partial charge < -0.3 is 9.52 Å². The van der Waals surface area contributed by atoms with Crippen LogP contribution in [0.3, 0.4) is 0 Å². The van der Waals surface area contributed by atoms with Crippen LogP contribution < -0.4 is 11.2 Å². The third-order valence-electron chi connectivity index (χ3n) is 5.86. The van der Waals surface area contributed by atoms with E-state index in [9.17, 15) is 19.5 Å². The molecule has 1 atom stereocenters. The van der Waals surface area contributed by atoms with E-state index in [1.807, 2.05) is 25.1 Å². The summed E-state index contributed by atoms with van der Waals surface area (Å²) in [7, 11) is 0. The fourth-order valence-electron chi connectivity index (χ4n) is 4.07.